The molecule has 0 aromatic carbocycles. The Labute approximate surface area is 130 Å². The van der Waals surface area contributed by atoms with Crippen molar-refractivity contribution < 1.29 is 9.90 Å². The molecule has 0 spiro atoms. The molecule has 2 heterocycles. The summed E-state index contributed by atoms with van der Waals surface area (Å²) in [6.45, 7) is 2.51. The Bertz CT molecular complexity index is 538. The number of nitrogens with two attached hydrogens (primary N) is 1. The summed E-state index contributed by atoms with van der Waals surface area (Å²) in [5.74, 6) is -0.119. The number of carbonyl (C=O) groups excluding carboxylic acids is 1. The van der Waals surface area contributed by atoms with Crippen molar-refractivity contribution in [2.75, 3.05) is 6.54 Å². The van der Waals surface area contributed by atoms with Gasteiger partial charge in [-0.05, 0) is 31.4 Å². The van der Waals surface area contributed by atoms with E-state index in [1.165, 1.54) is 0 Å². The monoisotopic (exact) mass is 304 g/mol. The van der Waals surface area contributed by atoms with Crippen molar-refractivity contribution in [3.8, 4) is 0 Å². The zero-order valence-corrected chi connectivity index (χ0v) is 13.0. The van der Waals surface area contributed by atoms with Crippen molar-refractivity contribution in [3.05, 3.63) is 24.0 Å². The minimum absolute atomic E-state index is 0.0213. The van der Waals surface area contributed by atoms with Crippen molar-refractivity contribution in [2.24, 2.45) is 11.1 Å². The van der Waals surface area contributed by atoms with E-state index in [1.54, 1.807) is 18.3 Å². The van der Waals surface area contributed by atoms with Crippen molar-refractivity contribution in [2.45, 2.75) is 57.2 Å². The summed E-state index contributed by atoms with van der Waals surface area (Å²) in [7, 11) is 0. The molecular weight excluding hydrogens is 280 g/mol. The van der Waals surface area contributed by atoms with E-state index in [-0.39, 0.29) is 29.5 Å². The quantitative estimate of drug-likeness (QED) is 0.849. The summed E-state index contributed by atoms with van der Waals surface area (Å²) in [5.41, 5.74) is 6.00. The molecule has 0 unspecified atom stereocenters. The molecule has 1 aromatic heterocycles. The lowest BCUT2D eigenvalue weighted by Crippen LogP contribution is -2.48. The molecule has 3 rings (SSSR count). The molecule has 120 valence electrons. The van der Waals surface area contributed by atoms with Crippen molar-refractivity contribution >= 4 is 5.91 Å². The molecule has 4 atom stereocenters. The van der Waals surface area contributed by atoms with Gasteiger partial charge in [-0.15, -0.1) is 5.10 Å². The summed E-state index contributed by atoms with van der Waals surface area (Å²) in [5, 5.41) is 18.4. The fourth-order valence-corrected chi connectivity index (χ4v) is 4.20. The van der Waals surface area contributed by atoms with Crippen LogP contribution in [0.4, 0.5) is 0 Å². The molecule has 1 aliphatic heterocycles. The predicted molar refractivity (Wildman–Crippen MR) is 82.0 cm³/mol. The van der Waals surface area contributed by atoms with Gasteiger partial charge in [-0.3, -0.25) is 4.79 Å². The van der Waals surface area contributed by atoms with Crippen LogP contribution in [-0.2, 0) is 0 Å². The lowest BCUT2D eigenvalue weighted by Gasteiger charge is -2.37. The van der Waals surface area contributed by atoms with Gasteiger partial charge in [0.2, 0.25) is 0 Å². The zero-order chi connectivity index (χ0) is 15.7. The smallest absolute Gasteiger partial charge is 0.274 e. The predicted octanol–water partition coefficient (Wildman–Crippen LogP) is 0.960. The Morgan fingerprint density at radius 1 is 1.50 bits per heavy atom. The maximum Gasteiger partial charge on any atom is 0.274 e. The van der Waals surface area contributed by atoms with Gasteiger partial charge < -0.3 is 15.7 Å². The number of fused-ring (bicyclic) bond motifs is 1. The van der Waals surface area contributed by atoms with Gasteiger partial charge in [0, 0.05) is 30.2 Å². The number of nitrogens with zero attached hydrogens (tertiary/aromatic N) is 3. The van der Waals surface area contributed by atoms with Crippen LogP contribution in [0.1, 0.15) is 49.5 Å². The van der Waals surface area contributed by atoms with Crippen LogP contribution in [0.2, 0.25) is 0 Å². The number of rotatable bonds is 2. The second kappa shape index (κ2) is 5.93. The third-order valence-corrected chi connectivity index (χ3v) is 5.43. The zero-order valence-electron chi connectivity index (χ0n) is 13.0. The number of amides is 1. The van der Waals surface area contributed by atoms with E-state index < -0.39 is 0 Å². The average molecular weight is 304 g/mol. The highest BCUT2D eigenvalue weighted by atomic mass is 16.3. The Kier molecular flexibility index (Phi) is 4.14. The van der Waals surface area contributed by atoms with Crippen molar-refractivity contribution in [3.63, 3.8) is 0 Å². The van der Waals surface area contributed by atoms with E-state index in [0.29, 0.717) is 12.2 Å². The summed E-state index contributed by atoms with van der Waals surface area (Å²) in [6.07, 6.45) is 5.68. The summed E-state index contributed by atoms with van der Waals surface area (Å²) in [6, 6.07) is 3.38. The van der Waals surface area contributed by atoms with Gasteiger partial charge in [-0.25, -0.2) is 0 Å². The molecule has 6 nitrogen and oxygen atoms in total. The largest absolute Gasteiger partial charge is 0.392 e. The number of aromatic nitrogens is 2. The molecule has 1 amide bonds. The Morgan fingerprint density at radius 2 is 2.27 bits per heavy atom. The molecule has 0 radical (unpaired) electrons. The van der Waals surface area contributed by atoms with E-state index >= 15 is 0 Å². The number of hydrogen-bond donors (Lipinski definition) is 2. The topological polar surface area (TPSA) is 92.3 Å². The maximum absolute atomic E-state index is 12.9. The molecule has 1 saturated carbocycles. The molecule has 1 saturated heterocycles. The Hall–Kier alpha value is -1.53. The highest BCUT2D eigenvalue weighted by molar-refractivity contribution is 5.93. The van der Waals surface area contributed by atoms with Gasteiger partial charge >= 0.3 is 0 Å². The molecule has 2 fully saturated rings. The van der Waals surface area contributed by atoms with Gasteiger partial charge in [0.1, 0.15) is 0 Å². The molecule has 22 heavy (non-hydrogen) atoms. The number of likely N-dealkylation sites (tertiary alicyclic amines) is 1. The van der Waals surface area contributed by atoms with Gasteiger partial charge in [0.15, 0.2) is 5.69 Å². The van der Waals surface area contributed by atoms with E-state index in [0.717, 1.165) is 32.1 Å². The Morgan fingerprint density at radius 3 is 2.95 bits per heavy atom. The molecule has 6 heteroatoms. The molecule has 3 N–H and O–H groups in total. The van der Waals surface area contributed by atoms with Crippen LogP contribution in [0.15, 0.2) is 18.3 Å². The fraction of sp³-hybridized carbons (Fsp3) is 0.688. The maximum atomic E-state index is 12.9. The first kappa shape index (κ1) is 15.4. The minimum Gasteiger partial charge on any atom is -0.392 e. The van der Waals surface area contributed by atoms with Crippen LogP contribution in [0, 0.1) is 5.41 Å². The molecule has 1 aliphatic carbocycles. The molecule has 0 bridgehead atoms. The highest BCUT2D eigenvalue weighted by Crippen LogP contribution is 2.48. The van der Waals surface area contributed by atoms with E-state index in [2.05, 4.69) is 17.1 Å². The van der Waals surface area contributed by atoms with Crippen LogP contribution in [0.5, 0.6) is 0 Å². The molecule has 2 aliphatic rings. The third-order valence-electron chi connectivity index (χ3n) is 5.43. The van der Waals surface area contributed by atoms with Gasteiger partial charge in [-0.1, -0.05) is 19.8 Å². The minimum atomic E-state index is -0.381. The molecular formula is C16H24N4O2. The first-order valence-corrected chi connectivity index (χ1v) is 8.06. The lowest BCUT2D eigenvalue weighted by atomic mass is 9.75. The fourth-order valence-electron chi connectivity index (χ4n) is 4.20. The van der Waals surface area contributed by atoms with E-state index in [1.807, 2.05) is 4.90 Å². The van der Waals surface area contributed by atoms with E-state index in [4.69, 9.17) is 5.73 Å². The summed E-state index contributed by atoms with van der Waals surface area (Å²) >= 11 is 0. The lowest BCUT2D eigenvalue weighted by molar-refractivity contribution is 0.0120. The SMILES string of the molecule is C[C@@]12C[C@H](CN)N(C(=O)c3cccnn3)[C@@H]1CCCC[C@H]2O. The van der Waals surface area contributed by atoms with Crippen LogP contribution < -0.4 is 5.73 Å². The number of hydrogen-bond acceptors (Lipinski definition) is 5. The second-order valence-corrected chi connectivity index (χ2v) is 6.74. The number of carbonyl (C=O) groups is 1. The summed E-state index contributed by atoms with van der Waals surface area (Å²) in [4.78, 5) is 14.8. The van der Waals surface area contributed by atoms with Gasteiger partial charge in [-0.2, -0.15) is 5.10 Å². The standard InChI is InChI=1S/C16H24N4O2/c1-16-9-11(10-17)20(13(16)6-2-3-7-14(16)21)15(22)12-5-4-8-18-19-12/h4-5,8,11,13-14,21H,2-3,6-7,9-10,17H2,1H3/t11-,13-,14-,16-/m1/s1. The summed E-state index contributed by atoms with van der Waals surface area (Å²) < 4.78 is 0. The van der Waals surface area contributed by atoms with Gasteiger partial charge in [0.25, 0.3) is 5.91 Å². The molecule has 1 aromatic rings. The van der Waals surface area contributed by atoms with Gasteiger partial charge in [0.05, 0.1) is 6.10 Å². The third kappa shape index (κ3) is 2.40. The van der Waals surface area contributed by atoms with Crippen LogP contribution in [0.25, 0.3) is 0 Å². The van der Waals surface area contributed by atoms with Crippen molar-refractivity contribution in [1.82, 2.24) is 15.1 Å². The van der Waals surface area contributed by atoms with Crippen LogP contribution in [-0.4, -0.2) is 50.8 Å². The van der Waals surface area contributed by atoms with Crippen LogP contribution in [0.3, 0.4) is 0 Å². The normalized spacial score (nSPS) is 35.0. The van der Waals surface area contributed by atoms with Crippen LogP contribution >= 0.6 is 0 Å². The number of aliphatic hydroxyl groups is 1. The average Bonchev–Trinajstić information content (AvgIpc) is 2.77. The van der Waals surface area contributed by atoms with Crippen molar-refractivity contribution in [1.29, 1.82) is 0 Å². The van der Waals surface area contributed by atoms with E-state index in [9.17, 15) is 9.90 Å². The second-order valence-electron chi connectivity index (χ2n) is 6.74. The first-order valence-electron chi connectivity index (χ1n) is 8.06. The highest BCUT2D eigenvalue weighted by Gasteiger charge is 2.54. The Balaban J connectivity index is 1.96. The number of aliphatic hydroxyl groups excluding tert-OH is 1. The first-order chi connectivity index (χ1) is 10.6.